The Kier molecular flexibility index (Phi) is 7.48. The van der Waals surface area contributed by atoms with Crippen LogP contribution in [0.1, 0.15) is 56.6 Å². The first kappa shape index (κ1) is 19.6. The summed E-state index contributed by atoms with van der Waals surface area (Å²) in [6.07, 6.45) is 7.62. The van der Waals surface area contributed by atoms with Gasteiger partial charge in [-0.25, -0.2) is 4.39 Å². The molecule has 5 heteroatoms. The molecule has 0 spiro atoms. The van der Waals surface area contributed by atoms with Gasteiger partial charge in [0.15, 0.2) is 0 Å². The monoisotopic (exact) mass is 357 g/mol. The molecule has 0 amide bonds. The van der Waals surface area contributed by atoms with Gasteiger partial charge in [-0.05, 0) is 56.9 Å². The smallest absolute Gasteiger partial charge is 0.129 e. The number of hydrogen-bond donors (Lipinski definition) is 2. The van der Waals surface area contributed by atoms with Crippen molar-refractivity contribution >= 4 is 12.4 Å². The summed E-state index contributed by atoms with van der Waals surface area (Å²) >= 11 is 0. The topological polar surface area (TPSA) is 41.5 Å². The Hall–Kier alpha value is -0.680. The van der Waals surface area contributed by atoms with Gasteiger partial charge >= 0.3 is 0 Å². The molecule has 1 saturated heterocycles. The molecule has 3 rings (SSSR count). The molecule has 2 fully saturated rings. The molecule has 2 N–H and O–H groups in total. The molecule has 136 valence electrons. The minimum absolute atomic E-state index is 0. The average Bonchev–Trinajstić information content (AvgIpc) is 3.04. The highest BCUT2D eigenvalue weighted by Gasteiger charge is 2.33. The second kappa shape index (κ2) is 9.14. The maximum Gasteiger partial charge on any atom is 0.129 e. The summed E-state index contributed by atoms with van der Waals surface area (Å²) in [5.41, 5.74) is 0.409. The second-order valence-electron chi connectivity index (χ2n) is 7.13. The van der Waals surface area contributed by atoms with Gasteiger partial charge in [-0.15, -0.1) is 12.4 Å². The summed E-state index contributed by atoms with van der Waals surface area (Å²) in [5.74, 6) is 0.436. The molecule has 2 aliphatic rings. The third kappa shape index (κ3) is 4.69. The molecule has 1 aliphatic heterocycles. The lowest BCUT2D eigenvalue weighted by molar-refractivity contribution is 0.0538. The maximum atomic E-state index is 13.8. The number of methoxy groups -OCH3 is 1. The number of aliphatic hydroxyl groups excluding tert-OH is 1. The minimum Gasteiger partial charge on any atom is -0.387 e. The van der Waals surface area contributed by atoms with Crippen LogP contribution in [-0.2, 0) is 4.74 Å². The van der Waals surface area contributed by atoms with Crippen LogP contribution in [0, 0.1) is 11.7 Å². The van der Waals surface area contributed by atoms with Gasteiger partial charge in [-0.2, -0.15) is 0 Å². The van der Waals surface area contributed by atoms with E-state index in [2.05, 4.69) is 5.32 Å². The largest absolute Gasteiger partial charge is 0.387 e. The standard InChI is InChI=1S/C19H28FNO2.ClH/c1-23-15-9-6-13(7-10-15)12-14-8-11-18(21-14)19(22)16-4-2-3-5-17(16)20;/h2-5,13-15,18-19,21-22H,6-12H2,1H3;1H/t13?,14-,15?,18+,19-;/m0./s1. The third-order valence-corrected chi connectivity index (χ3v) is 5.63. The first-order valence-electron chi connectivity index (χ1n) is 8.88. The molecular weight excluding hydrogens is 329 g/mol. The van der Waals surface area contributed by atoms with Crippen molar-refractivity contribution < 1.29 is 14.2 Å². The summed E-state index contributed by atoms with van der Waals surface area (Å²) in [6.45, 7) is 0. The predicted octanol–water partition coefficient (Wildman–Crippen LogP) is 4.00. The lowest BCUT2D eigenvalue weighted by Gasteiger charge is -2.29. The van der Waals surface area contributed by atoms with E-state index in [0.717, 1.165) is 38.0 Å². The SMILES string of the molecule is COC1CCC(C[C@@H]2CC[C@H]([C@@H](O)c3ccccc3F)N2)CC1.Cl. The lowest BCUT2D eigenvalue weighted by atomic mass is 9.83. The second-order valence-corrected chi connectivity index (χ2v) is 7.13. The van der Waals surface area contributed by atoms with E-state index in [1.807, 2.05) is 0 Å². The fourth-order valence-corrected chi connectivity index (χ4v) is 4.22. The Morgan fingerprint density at radius 2 is 1.88 bits per heavy atom. The average molecular weight is 358 g/mol. The number of aliphatic hydroxyl groups is 1. The summed E-state index contributed by atoms with van der Waals surface area (Å²) in [5, 5.41) is 14.0. The minimum atomic E-state index is -0.759. The van der Waals surface area contributed by atoms with Gasteiger partial charge in [0, 0.05) is 24.8 Å². The van der Waals surface area contributed by atoms with Crippen LogP contribution in [0.2, 0.25) is 0 Å². The summed E-state index contributed by atoms with van der Waals surface area (Å²) in [4.78, 5) is 0. The van der Waals surface area contributed by atoms with Crippen LogP contribution >= 0.6 is 12.4 Å². The van der Waals surface area contributed by atoms with E-state index < -0.39 is 6.10 Å². The molecule has 1 saturated carbocycles. The number of halogens is 2. The number of ether oxygens (including phenoxy) is 1. The van der Waals surface area contributed by atoms with Crippen molar-refractivity contribution in [2.45, 2.75) is 69.2 Å². The molecule has 1 aromatic rings. The zero-order chi connectivity index (χ0) is 16.2. The van der Waals surface area contributed by atoms with E-state index >= 15 is 0 Å². The third-order valence-electron chi connectivity index (χ3n) is 5.63. The Bertz CT molecular complexity index is 508. The molecule has 3 atom stereocenters. The first-order chi connectivity index (χ1) is 11.2. The van der Waals surface area contributed by atoms with Crippen molar-refractivity contribution in [1.82, 2.24) is 5.32 Å². The van der Waals surface area contributed by atoms with Crippen molar-refractivity contribution in [3.05, 3.63) is 35.6 Å². The number of nitrogens with one attached hydrogen (secondary N) is 1. The molecule has 24 heavy (non-hydrogen) atoms. The zero-order valence-electron chi connectivity index (χ0n) is 14.3. The highest BCUT2D eigenvalue weighted by Crippen LogP contribution is 2.33. The summed E-state index contributed by atoms with van der Waals surface area (Å²) < 4.78 is 19.3. The molecule has 3 nitrogen and oxygen atoms in total. The van der Waals surface area contributed by atoms with Gasteiger partial charge in [-0.1, -0.05) is 18.2 Å². The molecular formula is C19H29ClFNO2. The Morgan fingerprint density at radius 1 is 1.17 bits per heavy atom. The Labute approximate surface area is 150 Å². The van der Waals surface area contributed by atoms with Crippen LogP contribution in [0.3, 0.4) is 0 Å². The quantitative estimate of drug-likeness (QED) is 0.837. The van der Waals surface area contributed by atoms with Crippen LogP contribution in [0.5, 0.6) is 0 Å². The molecule has 0 aromatic heterocycles. The molecule has 1 aliphatic carbocycles. The highest BCUT2D eigenvalue weighted by atomic mass is 35.5. The van der Waals surface area contributed by atoms with Crippen LogP contribution in [0.4, 0.5) is 4.39 Å². The Balaban J connectivity index is 0.00000208. The zero-order valence-corrected chi connectivity index (χ0v) is 15.1. The van der Waals surface area contributed by atoms with Crippen molar-refractivity contribution in [2.75, 3.05) is 7.11 Å². The molecule has 1 aromatic carbocycles. The van der Waals surface area contributed by atoms with E-state index in [-0.39, 0.29) is 24.3 Å². The van der Waals surface area contributed by atoms with Crippen LogP contribution in [0.25, 0.3) is 0 Å². The normalized spacial score (nSPS) is 31.5. The molecule has 1 heterocycles. The first-order valence-corrected chi connectivity index (χ1v) is 8.88. The number of rotatable bonds is 5. The molecule has 0 unspecified atom stereocenters. The lowest BCUT2D eigenvalue weighted by Crippen LogP contribution is -2.36. The Morgan fingerprint density at radius 3 is 2.54 bits per heavy atom. The van der Waals surface area contributed by atoms with Gasteiger partial charge in [0.05, 0.1) is 12.2 Å². The van der Waals surface area contributed by atoms with E-state index in [1.165, 1.54) is 18.9 Å². The van der Waals surface area contributed by atoms with Crippen LogP contribution < -0.4 is 5.32 Å². The van der Waals surface area contributed by atoms with Crippen molar-refractivity contribution in [3.63, 3.8) is 0 Å². The fourth-order valence-electron chi connectivity index (χ4n) is 4.22. The van der Waals surface area contributed by atoms with Crippen molar-refractivity contribution in [3.8, 4) is 0 Å². The number of hydrogen-bond acceptors (Lipinski definition) is 3. The fraction of sp³-hybridized carbons (Fsp3) is 0.684. The van der Waals surface area contributed by atoms with Crippen LogP contribution in [0.15, 0.2) is 24.3 Å². The van der Waals surface area contributed by atoms with Gasteiger partial charge in [0.2, 0.25) is 0 Å². The van der Waals surface area contributed by atoms with E-state index in [0.29, 0.717) is 17.7 Å². The van der Waals surface area contributed by atoms with Gasteiger partial charge in [0.1, 0.15) is 5.82 Å². The van der Waals surface area contributed by atoms with Gasteiger partial charge < -0.3 is 15.2 Å². The van der Waals surface area contributed by atoms with Crippen LogP contribution in [-0.4, -0.2) is 30.4 Å². The predicted molar refractivity (Wildman–Crippen MR) is 95.9 cm³/mol. The highest BCUT2D eigenvalue weighted by molar-refractivity contribution is 5.85. The molecule has 0 radical (unpaired) electrons. The van der Waals surface area contributed by atoms with Gasteiger partial charge in [-0.3, -0.25) is 0 Å². The maximum absolute atomic E-state index is 13.8. The van der Waals surface area contributed by atoms with Crippen molar-refractivity contribution in [1.29, 1.82) is 0 Å². The van der Waals surface area contributed by atoms with E-state index in [9.17, 15) is 9.50 Å². The summed E-state index contributed by atoms with van der Waals surface area (Å²) in [7, 11) is 1.80. The van der Waals surface area contributed by atoms with Crippen molar-refractivity contribution in [2.24, 2.45) is 5.92 Å². The molecule has 0 bridgehead atoms. The summed E-state index contributed by atoms with van der Waals surface area (Å²) in [6, 6.07) is 6.95. The van der Waals surface area contributed by atoms with E-state index in [4.69, 9.17) is 4.74 Å². The number of benzene rings is 1. The van der Waals surface area contributed by atoms with Gasteiger partial charge in [0.25, 0.3) is 0 Å². The van der Waals surface area contributed by atoms with E-state index in [1.54, 1.807) is 25.3 Å².